The van der Waals surface area contributed by atoms with Crippen molar-refractivity contribution in [1.29, 1.82) is 5.26 Å². The fraction of sp³-hybridized carbons (Fsp3) is 0.318. The Morgan fingerprint density at radius 2 is 1.61 bits per heavy atom. The number of Topliss-reactive ketones (excluding diaryl/α,β-unsaturated/α-hetero) is 1. The summed E-state index contributed by atoms with van der Waals surface area (Å²) in [6.07, 6.45) is 0. The summed E-state index contributed by atoms with van der Waals surface area (Å²) >= 11 is 0. The Bertz CT molecular complexity index is 876. The van der Waals surface area contributed by atoms with Gasteiger partial charge in [-0.05, 0) is 62.4 Å². The summed E-state index contributed by atoms with van der Waals surface area (Å²) in [5.41, 5.74) is 3.08. The van der Waals surface area contributed by atoms with E-state index in [1.807, 2.05) is 31.2 Å². The number of carbonyl (C=O) groups is 2. The number of nitrogens with one attached hydrogen (secondary N) is 1. The Hall–Kier alpha value is -3.17. The second-order valence-corrected chi connectivity index (χ2v) is 6.98. The zero-order valence-electron chi connectivity index (χ0n) is 16.2. The predicted octanol–water partition coefficient (Wildman–Crippen LogP) is 2.91. The molecule has 0 bridgehead atoms. The zero-order valence-corrected chi connectivity index (χ0v) is 16.2. The summed E-state index contributed by atoms with van der Waals surface area (Å²) in [6.45, 7) is 6.71. The van der Waals surface area contributed by atoms with E-state index in [4.69, 9.17) is 5.26 Å². The summed E-state index contributed by atoms with van der Waals surface area (Å²) in [7, 11) is 0. The molecule has 2 aromatic carbocycles. The summed E-state index contributed by atoms with van der Waals surface area (Å²) in [6, 6.07) is 16.4. The van der Waals surface area contributed by atoms with Gasteiger partial charge in [0.15, 0.2) is 5.78 Å². The number of nitriles is 1. The molecule has 0 spiro atoms. The average Bonchev–Trinajstić information content (AvgIpc) is 2.74. The summed E-state index contributed by atoms with van der Waals surface area (Å²) < 4.78 is 0. The highest BCUT2D eigenvalue weighted by Crippen LogP contribution is 2.19. The van der Waals surface area contributed by atoms with E-state index >= 15 is 0 Å². The van der Waals surface area contributed by atoms with E-state index in [2.05, 4.69) is 21.2 Å². The Labute approximate surface area is 165 Å². The topological polar surface area (TPSA) is 76.4 Å². The lowest BCUT2D eigenvalue weighted by atomic mass is 10.1. The molecule has 6 nitrogen and oxygen atoms in total. The monoisotopic (exact) mass is 376 g/mol. The van der Waals surface area contributed by atoms with E-state index in [9.17, 15) is 9.59 Å². The van der Waals surface area contributed by atoms with Crippen LogP contribution in [0.2, 0.25) is 0 Å². The summed E-state index contributed by atoms with van der Waals surface area (Å²) in [5, 5.41) is 11.8. The third-order valence-electron chi connectivity index (χ3n) is 5.16. The smallest absolute Gasteiger partial charge is 0.241 e. The summed E-state index contributed by atoms with van der Waals surface area (Å²) in [4.78, 5) is 28.4. The maximum Gasteiger partial charge on any atom is 0.241 e. The number of hydrogen-bond donors (Lipinski definition) is 1. The van der Waals surface area contributed by atoms with E-state index in [1.165, 1.54) is 0 Å². The number of carbonyl (C=O) groups excluding carboxylic acids is 2. The Morgan fingerprint density at radius 3 is 2.14 bits per heavy atom. The Morgan fingerprint density at radius 1 is 1.00 bits per heavy atom. The third kappa shape index (κ3) is 4.56. The zero-order chi connectivity index (χ0) is 20.1. The molecular weight excluding hydrogens is 352 g/mol. The highest BCUT2D eigenvalue weighted by molar-refractivity contribution is 5.95. The van der Waals surface area contributed by atoms with Gasteiger partial charge in [-0.25, -0.2) is 0 Å². The van der Waals surface area contributed by atoms with Crippen molar-refractivity contribution in [3.8, 4) is 6.07 Å². The third-order valence-corrected chi connectivity index (χ3v) is 5.16. The van der Waals surface area contributed by atoms with Crippen molar-refractivity contribution in [2.45, 2.75) is 19.9 Å². The molecule has 1 saturated heterocycles. The van der Waals surface area contributed by atoms with Crippen LogP contribution in [0.5, 0.6) is 0 Å². The van der Waals surface area contributed by atoms with Crippen molar-refractivity contribution in [1.82, 2.24) is 4.90 Å². The number of anilines is 2. The molecule has 0 saturated carbocycles. The van der Waals surface area contributed by atoms with Gasteiger partial charge in [0.25, 0.3) is 0 Å². The predicted molar refractivity (Wildman–Crippen MR) is 109 cm³/mol. The van der Waals surface area contributed by atoms with Crippen LogP contribution in [-0.2, 0) is 4.79 Å². The van der Waals surface area contributed by atoms with Crippen LogP contribution >= 0.6 is 0 Å². The second kappa shape index (κ2) is 8.68. The van der Waals surface area contributed by atoms with Crippen LogP contribution in [0, 0.1) is 11.3 Å². The molecule has 0 aromatic heterocycles. The Kier molecular flexibility index (Phi) is 6.07. The second-order valence-electron chi connectivity index (χ2n) is 6.98. The normalized spacial score (nSPS) is 15.5. The van der Waals surface area contributed by atoms with Crippen LogP contribution in [0.25, 0.3) is 0 Å². The quantitative estimate of drug-likeness (QED) is 0.812. The molecule has 3 rings (SSSR count). The van der Waals surface area contributed by atoms with Gasteiger partial charge in [-0.2, -0.15) is 5.26 Å². The molecule has 1 atom stereocenters. The molecule has 1 aliphatic rings. The van der Waals surface area contributed by atoms with Gasteiger partial charge < -0.3 is 10.2 Å². The molecule has 1 N–H and O–H groups in total. The molecule has 2 aromatic rings. The molecule has 0 unspecified atom stereocenters. The molecule has 1 amide bonds. The van der Waals surface area contributed by atoms with E-state index in [0.717, 1.165) is 37.4 Å². The molecule has 1 heterocycles. The SMILES string of the molecule is CC(=O)c1ccc(N2CCN([C@@H](C)C(=O)Nc3ccc(C#N)cc3)CC2)cc1. The fourth-order valence-corrected chi connectivity index (χ4v) is 3.31. The van der Waals surface area contributed by atoms with Gasteiger partial charge in [-0.15, -0.1) is 0 Å². The van der Waals surface area contributed by atoms with Crippen molar-refractivity contribution in [2.24, 2.45) is 0 Å². The van der Waals surface area contributed by atoms with Crippen LogP contribution in [0.4, 0.5) is 11.4 Å². The molecule has 1 fully saturated rings. The van der Waals surface area contributed by atoms with Crippen LogP contribution in [0.1, 0.15) is 29.8 Å². The van der Waals surface area contributed by atoms with Gasteiger partial charge in [0.05, 0.1) is 17.7 Å². The first-order valence-electron chi connectivity index (χ1n) is 9.39. The number of ketones is 1. The standard InChI is InChI=1S/C22H24N4O2/c1-16(22(28)24-20-7-3-18(15-23)4-8-20)25-11-13-26(14-12-25)21-9-5-19(6-10-21)17(2)27/h3-10,16H,11-14H2,1-2H3,(H,24,28)/t16-/m0/s1. The average molecular weight is 376 g/mol. The number of hydrogen-bond acceptors (Lipinski definition) is 5. The molecule has 0 aliphatic carbocycles. The van der Waals surface area contributed by atoms with E-state index in [1.54, 1.807) is 31.2 Å². The van der Waals surface area contributed by atoms with Gasteiger partial charge in [0, 0.05) is 43.1 Å². The first-order chi connectivity index (χ1) is 13.5. The molecule has 144 valence electrons. The lowest BCUT2D eigenvalue weighted by Gasteiger charge is -2.38. The van der Waals surface area contributed by atoms with Gasteiger partial charge >= 0.3 is 0 Å². The Balaban J connectivity index is 1.53. The van der Waals surface area contributed by atoms with E-state index in [0.29, 0.717) is 11.3 Å². The number of piperazine rings is 1. The number of amides is 1. The van der Waals surface area contributed by atoms with Crippen LogP contribution < -0.4 is 10.2 Å². The number of rotatable bonds is 5. The maximum atomic E-state index is 12.6. The molecule has 0 radical (unpaired) electrons. The minimum Gasteiger partial charge on any atom is -0.369 e. The maximum absolute atomic E-state index is 12.6. The lowest BCUT2D eigenvalue weighted by molar-refractivity contribution is -0.120. The molecular formula is C22H24N4O2. The van der Waals surface area contributed by atoms with Crippen LogP contribution in [-0.4, -0.2) is 48.8 Å². The minimum absolute atomic E-state index is 0.0519. The number of benzene rings is 2. The van der Waals surface area contributed by atoms with E-state index < -0.39 is 0 Å². The number of nitrogens with zero attached hydrogens (tertiary/aromatic N) is 3. The minimum atomic E-state index is -0.238. The van der Waals surface area contributed by atoms with Gasteiger partial charge in [-0.1, -0.05) is 0 Å². The highest BCUT2D eigenvalue weighted by Gasteiger charge is 2.25. The largest absolute Gasteiger partial charge is 0.369 e. The van der Waals surface area contributed by atoms with Crippen molar-refractivity contribution >= 4 is 23.1 Å². The fourth-order valence-electron chi connectivity index (χ4n) is 3.31. The van der Waals surface area contributed by atoms with Gasteiger partial charge in [-0.3, -0.25) is 14.5 Å². The van der Waals surface area contributed by atoms with Crippen molar-refractivity contribution < 1.29 is 9.59 Å². The van der Waals surface area contributed by atoms with Crippen molar-refractivity contribution in [3.05, 3.63) is 59.7 Å². The lowest BCUT2D eigenvalue weighted by Crippen LogP contribution is -2.52. The van der Waals surface area contributed by atoms with Gasteiger partial charge in [0.1, 0.15) is 0 Å². The molecule has 1 aliphatic heterocycles. The van der Waals surface area contributed by atoms with E-state index in [-0.39, 0.29) is 17.7 Å². The van der Waals surface area contributed by atoms with Crippen molar-refractivity contribution in [3.63, 3.8) is 0 Å². The van der Waals surface area contributed by atoms with Crippen LogP contribution in [0.15, 0.2) is 48.5 Å². The van der Waals surface area contributed by atoms with Gasteiger partial charge in [0.2, 0.25) is 5.91 Å². The highest BCUT2D eigenvalue weighted by atomic mass is 16.2. The molecule has 6 heteroatoms. The first-order valence-corrected chi connectivity index (χ1v) is 9.39. The van der Waals surface area contributed by atoms with Crippen molar-refractivity contribution in [2.75, 3.05) is 36.4 Å². The summed E-state index contributed by atoms with van der Waals surface area (Å²) in [5.74, 6) is 0.0161. The molecule has 28 heavy (non-hydrogen) atoms. The van der Waals surface area contributed by atoms with Crippen LogP contribution in [0.3, 0.4) is 0 Å². The first kappa shape index (κ1) is 19.6.